The van der Waals surface area contributed by atoms with Gasteiger partial charge in [-0.2, -0.15) is 8.42 Å². The van der Waals surface area contributed by atoms with E-state index in [0.717, 1.165) is 0 Å². The van der Waals surface area contributed by atoms with Crippen molar-refractivity contribution in [2.75, 3.05) is 0 Å². The van der Waals surface area contributed by atoms with E-state index in [4.69, 9.17) is 13.0 Å². The molecule has 0 radical (unpaired) electrons. The van der Waals surface area contributed by atoms with Gasteiger partial charge < -0.3 is 0 Å². The van der Waals surface area contributed by atoms with Gasteiger partial charge in [0.2, 0.25) is 0 Å². The van der Waals surface area contributed by atoms with E-state index in [1.807, 2.05) is 0 Å². The van der Waals surface area contributed by atoms with E-state index < -0.39 is 10.5 Å². The Hall–Kier alpha value is -0.240. The van der Waals surface area contributed by atoms with Crippen LogP contribution in [0, 0.1) is 0 Å². The molecule has 7 heavy (non-hydrogen) atoms. The van der Waals surface area contributed by atoms with Gasteiger partial charge >= 0.3 is 10.5 Å². The topological polar surface area (TPSA) is 106 Å². The molecule has 0 saturated carbocycles. The molecule has 5 N–H and O–H groups in total. The lowest BCUT2D eigenvalue weighted by Gasteiger charge is -1.63. The van der Waals surface area contributed by atoms with Crippen LogP contribution in [0.5, 0.6) is 0 Å². The summed E-state index contributed by atoms with van der Waals surface area (Å²) in [5, 5.41) is 0. The molecule has 0 aromatic heterocycles. The zero-order chi connectivity index (χ0) is 6.50. The lowest BCUT2D eigenvalue weighted by molar-refractivity contribution is 0.435. The first kappa shape index (κ1) is 9.90. The van der Waals surface area contributed by atoms with E-state index in [2.05, 4.69) is 11.7 Å². The highest BCUT2D eigenvalue weighted by Crippen LogP contribution is 1.74. The minimum atomic E-state index is -5.17. The predicted molar refractivity (Wildman–Crippen MR) is 21.0 cm³/mol. The minimum absolute atomic E-state index is 4.00. The first-order chi connectivity index (χ1) is 3.00. The normalized spacial score (nSPS) is 9.14. The van der Waals surface area contributed by atoms with Gasteiger partial charge in [-0.1, -0.05) is 3.89 Å². The van der Waals surface area contributed by atoms with Crippen molar-refractivity contribution in [3.05, 3.63) is 0 Å². The lowest BCUT2D eigenvalue weighted by atomic mass is 13.0. The summed E-state index contributed by atoms with van der Waals surface area (Å²) in [6.45, 7) is 0. The SMILES string of the molecule is NN.O=S(=O)(O)F. The molecule has 0 aliphatic heterocycles. The molecule has 0 heterocycles. The molecule has 5 nitrogen and oxygen atoms in total. The van der Waals surface area contributed by atoms with Gasteiger partial charge in [0, 0.05) is 0 Å². The minimum Gasteiger partial charge on any atom is -0.274 e. The van der Waals surface area contributed by atoms with Crippen molar-refractivity contribution in [2.45, 2.75) is 0 Å². The second-order valence-corrected chi connectivity index (χ2v) is 1.24. The van der Waals surface area contributed by atoms with Crippen LogP contribution in [-0.2, 0) is 10.5 Å². The van der Waals surface area contributed by atoms with Crippen molar-refractivity contribution in [3.63, 3.8) is 0 Å². The van der Waals surface area contributed by atoms with Crippen molar-refractivity contribution in [2.24, 2.45) is 11.7 Å². The van der Waals surface area contributed by atoms with Crippen LogP contribution in [0.25, 0.3) is 0 Å². The zero-order valence-corrected chi connectivity index (χ0v) is 4.02. The Bertz CT molecular complexity index is 96.1. The van der Waals surface area contributed by atoms with Gasteiger partial charge in [0.1, 0.15) is 0 Å². The van der Waals surface area contributed by atoms with Gasteiger partial charge in [-0.05, 0) is 0 Å². The molecule has 0 bridgehead atoms. The van der Waals surface area contributed by atoms with Crippen LogP contribution >= 0.6 is 0 Å². The van der Waals surface area contributed by atoms with Crippen molar-refractivity contribution in [3.8, 4) is 0 Å². The summed E-state index contributed by atoms with van der Waals surface area (Å²) in [6.07, 6.45) is 0. The molecular formula is H5FN2O3S. The van der Waals surface area contributed by atoms with E-state index in [1.54, 1.807) is 0 Å². The number of hydrogen-bond acceptors (Lipinski definition) is 4. The van der Waals surface area contributed by atoms with Crippen LogP contribution in [0.4, 0.5) is 3.89 Å². The van der Waals surface area contributed by atoms with Crippen molar-refractivity contribution in [1.82, 2.24) is 0 Å². The maximum absolute atomic E-state index is 10.2. The average Bonchev–Trinajstić information content (AvgIpc) is 1.36. The third kappa shape index (κ3) is 1410. The highest BCUT2D eigenvalue weighted by Gasteiger charge is 1.89. The van der Waals surface area contributed by atoms with Crippen LogP contribution in [-0.4, -0.2) is 13.0 Å². The van der Waals surface area contributed by atoms with E-state index in [0.29, 0.717) is 0 Å². The number of nitrogens with two attached hydrogens (primary N) is 2. The number of hydrazine groups is 1. The van der Waals surface area contributed by atoms with Gasteiger partial charge in [-0.15, -0.1) is 0 Å². The Morgan fingerprint density at radius 1 is 1.43 bits per heavy atom. The molecule has 0 fully saturated rings. The first-order valence-corrected chi connectivity index (χ1v) is 2.34. The Kier molecular flexibility index (Phi) is 5.56. The van der Waals surface area contributed by atoms with Gasteiger partial charge in [0.15, 0.2) is 0 Å². The van der Waals surface area contributed by atoms with E-state index in [9.17, 15) is 3.89 Å². The van der Waals surface area contributed by atoms with Crippen LogP contribution in [0.15, 0.2) is 0 Å². The van der Waals surface area contributed by atoms with Gasteiger partial charge in [-0.3, -0.25) is 16.2 Å². The van der Waals surface area contributed by atoms with Gasteiger partial charge in [0.25, 0.3) is 0 Å². The molecule has 46 valence electrons. The van der Waals surface area contributed by atoms with E-state index >= 15 is 0 Å². The molecule has 0 aliphatic rings. The fourth-order valence-corrected chi connectivity index (χ4v) is 0. The van der Waals surface area contributed by atoms with E-state index in [-0.39, 0.29) is 0 Å². The summed E-state index contributed by atoms with van der Waals surface area (Å²) in [5.74, 6) is 8.00. The number of halogens is 1. The van der Waals surface area contributed by atoms with Crippen molar-refractivity contribution in [1.29, 1.82) is 0 Å². The van der Waals surface area contributed by atoms with Crippen LogP contribution < -0.4 is 11.7 Å². The van der Waals surface area contributed by atoms with Crippen molar-refractivity contribution >= 4 is 10.5 Å². The quantitative estimate of drug-likeness (QED) is 0.162. The third-order valence-electron chi connectivity index (χ3n) is 0. The second-order valence-electron chi connectivity index (χ2n) is 0.412. The highest BCUT2D eigenvalue weighted by atomic mass is 32.3. The Balaban J connectivity index is 0. The Morgan fingerprint density at radius 3 is 1.43 bits per heavy atom. The highest BCUT2D eigenvalue weighted by molar-refractivity contribution is 7.80. The second kappa shape index (κ2) is 3.93. The fourth-order valence-electron chi connectivity index (χ4n) is 0. The van der Waals surface area contributed by atoms with Crippen LogP contribution in [0.1, 0.15) is 0 Å². The molecule has 0 atom stereocenters. The maximum Gasteiger partial charge on any atom is 0.435 e. The van der Waals surface area contributed by atoms with Gasteiger partial charge in [0.05, 0.1) is 0 Å². The molecular weight excluding hydrogens is 127 g/mol. The molecule has 0 unspecified atom stereocenters. The summed E-state index contributed by atoms with van der Waals surface area (Å²) in [5.41, 5.74) is 0. The molecule has 0 saturated heterocycles. The number of rotatable bonds is 0. The zero-order valence-electron chi connectivity index (χ0n) is 3.20. The molecule has 0 aromatic rings. The third-order valence-corrected chi connectivity index (χ3v) is 0. The fraction of sp³-hybridized carbons (Fsp3) is 0. The smallest absolute Gasteiger partial charge is 0.274 e. The molecule has 0 aliphatic carbocycles. The average molecular weight is 132 g/mol. The molecule has 7 heteroatoms. The monoisotopic (exact) mass is 132 g/mol. The van der Waals surface area contributed by atoms with Crippen LogP contribution in [0.3, 0.4) is 0 Å². The standard InChI is InChI=1S/FHO3S.H4N2/c1-5(2,3)4;1-2/h(H,2,3,4);1-2H2. The predicted octanol–water partition coefficient (Wildman–Crippen LogP) is -1.42. The summed E-state index contributed by atoms with van der Waals surface area (Å²) in [6, 6.07) is 0. The maximum atomic E-state index is 10.2. The van der Waals surface area contributed by atoms with Gasteiger partial charge in [-0.25, -0.2) is 0 Å². The largest absolute Gasteiger partial charge is 0.435 e. The molecule has 0 spiro atoms. The Labute approximate surface area is 40.1 Å². The van der Waals surface area contributed by atoms with E-state index in [1.165, 1.54) is 0 Å². The van der Waals surface area contributed by atoms with Crippen LogP contribution in [0.2, 0.25) is 0 Å². The lowest BCUT2D eigenvalue weighted by Crippen LogP contribution is -2.02. The van der Waals surface area contributed by atoms with Crippen molar-refractivity contribution < 1.29 is 16.9 Å². The molecule has 0 amide bonds. The Morgan fingerprint density at radius 2 is 1.43 bits per heavy atom. The number of hydrogen-bond donors (Lipinski definition) is 3. The summed E-state index contributed by atoms with van der Waals surface area (Å²) < 4.78 is 34.1. The molecule has 0 aromatic carbocycles. The summed E-state index contributed by atoms with van der Waals surface area (Å²) >= 11 is 0. The first-order valence-electron chi connectivity index (χ1n) is 1.00. The summed E-state index contributed by atoms with van der Waals surface area (Å²) in [7, 11) is -5.17. The molecule has 0 rings (SSSR count). The summed E-state index contributed by atoms with van der Waals surface area (Å²) in [4.78, 5) is 0.